The van der Waals surface area contributed by atoms with Gasteiger partial charge in [0, 0.05) is 5.54 Å². The van der Waals surface area contributed by atoms with Gasteiger partial charge in [-0.25, -0.2) is 0 Å². The fourth-order valence-electron chi connectivity index (χ4n) is 2.43. The summed E-state index contributed by atoms with van der Waals surface area (Å²) in [6, 6.07) is 29.4. The fourth-order valence-corrected chi connectivity index (χ4v) is 3.46. The van der Waals surface area contributed by atoms with Crippen LogP contribution in [0.4, 0.5) is 0 Å². The normalized spacial score (nSPS) is 10.6. The molecule has 0 saturated heterocycles. The zero-order valence-electron chi connectivity index (χ0n) is 12.6. The molecule has 1 nitrogen and oxygen atoms in total. The van der Waals surface area contributed by atoms with Crippen LogP contribution in [0.2, 0.25) is 0 Å². The molecule has 22 heavy (non-hydrogen) atoms. The quantitative estimate of drug-likeness (QED) is 0.616. The maximum Gasteiger partial charge on any atom is 0.323 e. The molecule has 0 fully saturated rings. The summed E-state index contributed by atoms with van der Waals surface area (Å²) in [6.07, 6.45) is 0. The summed E-state index contributed by atoms with van der Waals surface area (Å²) in [6.45, 7) is 2.09. The monoisotopic (exact) mass is 302 g/mol. The molecular formula is C20H18OSi. The summed E-state index contributed by atoms with van der Waals surface area (Å²) in [4.78, 5) is 0. The van der Waals surface area contributed by atoms with Crippen LogP contribution in [0, 0.1) is 6.92 Å². The van der Waals surface area contributed by atoms with E-state index in [2.05, 4.69) is 79.7 Å². The lowest BCUT2D eigenvalue weighted by Crippen LogP contribution is -2.16. The largest absolute Gasteiger partial charge is 0.540 e. The molecule has 0 N–H and O–H groups in total. The molecule has 2 radical (unpaired) electrons. The van der Waals surface area contributed by atoms with Crippen molar-refractivity contribution in [3.8, 4) is 5.75 Å². The highest BCUT2D eigenvalue weighted by atomic mass is 28.2. The van der Waals surface area contributed by atoms with E-state index < -0.39 is 0 Å². The number of hydrogen-bond donors (Lipinski definition) is 0. The van der Waals surface area contributed by atoms with Crippen LogP contribution in [-0.4, -0.2) is 9.76 Å². The van der Waals surface area contributed by atoms with E-state index in [0.29, 0.717) is 9.76 Å². The summed E-state index contributed by atoms with van der Waals surface area (Å²) < 4.78 is 6.09. The van der Waals surface area contributed by atoms with Crippen molar-refractivity contribution in [2.45, 2.75) is 12.5 Å². The average Bonchev–Trinajstić information content (AvgIpc) is 2.57. The second kappa shape index (κ2) is 7.10. The standard InChI is InChI=1S/C20H18OSi/c1-16-9-8-14-19(15-16)21-22-20(17-10-4-2-5-11-17)18-12-6-3-7-13-18/h2-15,20H,1H3. The predicted octanol–water partition coefficient (Wildman–Crippen LogP) is 4.78. The van der Waals surface area contributed by atoms with E-state index >= 15 is 0 Å². The van der Waals surface area contributed by atoms with Gasteiger partial charge in [0.05, 0.1) is 0 Å². The Balaban J connectivity index is 1.83. The maximum atomic E-state index is 6.09. The lowest BCUT2D eigenvalue weighted by Gasteiger charge is -2.17. The third kappa shape index (κ3) is 3.65. The summed E-state index contributed by atoms with van der Waals surface area (Å²) >= 11 is 0. The van der Waals surface area contributed by atoms with Gasteiger partial charge >= 0.3 is 9.76 Å². The second-order valence-electron chi connectivity index (χ2n) is 5.29. The van der Waals surface area contributed by atoms with Crippen LogP contribution < -0.4 is 4.43 Å². The zero-order valence-corrected chi connectivity index (χ0v) is 13.6. The Hall–Kier alpha value is -2.32. The fraction of sp³-hybridized carbons (Fsp3) is 0.100. The summed E-state index contributed by atoms with van der Waals surface area (Å²) in [5, 5.41) is 0. The van der Waals surface area contributed by atoms with Crippen molar-refractivity contribution in [1.82, 2.24) is 0 Å². The Labute approximate surface area is 134 Å². The van der Waals surface area contributed by atoms with E-state index in [0.717, 1.165) is 5.75 Å². The number of rotatable bonds is 5. The zero-order chi connectivity index (χ0) is 15.2. The van der Waals surface area contributed by atoms with Gasteiger partial charge in [-0.05, 0) is 35.7 Å². The highest BCUT2D eigenvalue weighted by molar-refractivity contribution is 6.32. The SMILES string of the molecule is Cc1cccc(O[Si]C(c2ccccc2)c2ccccc2)c1. The van der Waals surface area contributed by atoms with E-state index in [1.807, 2.05) is 12.1 Å². The van der Waals surface area contributed by atoms with Crippen LogP contribution in [0.5, 0.6) is 5.75 Å². The molecule has 3 rings (SSSR count). The van der Waals surface area contributed by atoms with Gasteiger partial charge in [-0.2, -0.15) is 0 Å². The predicted molar refractivity (Wildman–Crippen MR) is 92.3 cm³/mol. The topological polar surface area (TPSA) is 9.23 Å². The first-order valence-corrected chi connectivity index (χ1v) is 8.40. The molecule has 0 unspecified atom stereocenters. The van der Waals surface area contributed by atoms with Crippen molar-refractivity contribution >= 4 is 9.76 Å². The Morgan fingerprint density at radius 1 is 0.727 bits per heavy atom. The molecule has 0 aromatic heterocycles. The first-order valence-electron chi connectivity index (χ1n) is 7.42. The van der Waals surface area contributed by atoms with E-state index in [-0.39, 0.29) is 5.54 Å². The van der Waals surface area contributed by atoms with Crippen molar-refractivity contribution in [3.63, 3.8) is 0 Å². The molecule has 0 heterocycles. The lowest BCUT2D eigenvalue weighted by molar-refractivity contribution is 0.584. The maximum absolute atomic E-state index is 6.09. The molecule has 2 heteroatoms. The van der Waals surface area contributed by atoms with Crippen LogP contribution in [0.15, 0.2) is 84.9 Å². The van der Waals surface area contributed by atoms with Gasteiger partial charge in [0.2, 0.25) is 0 Å². The first kappa shape index (κ1) is 14.6. The van der Waals surface area contributed by atoms with Crippen LogP contribution in [0.3, 0.4) is 0 Å². The molecule has 0 bridgehead atoms. The first-order chi connectivity index (χ1) is 10.8. The molecule has 0 aliphatic rings. The minimum atomic E-state index is 0.267. The Morgan fingerprint density at radius 2 is 1.32 bits per heavy atom. The minimum absolute atomic E-state index is 0.267. The van der Waals surface area contributed by atoms with Gasteiger partial charge in [0.15, 0.2) is 0 Å². The van der Waals surface area contributed by atoms with Crippen LogP contribution in [-0.2, 0) is 0 Å². The summed E-state index contributed by atoms with van der Waals surface area (Å²) in [5.74, 6) is 0.940. The Bertz CT molecular complexity index is 671. The van der Waals surface area contributed by atoms with Gasteiger partial charge in [0.1, 0.15) is 5.75 Å². The van der Waals surface area contributed by atoms with Crippen molar-refractivity contribution in [2.75, 3.05) is 0 Å². The summed E-state index contributed by atoms with van der Waals surface area (Å²) in [7, 11) is 0.352. The Morgan fingerprint density at radius 3 is 1.86 bits per heavy atom. The molecular weight excluding hydrogens is 284 g/mol. The number of hydrogen-bond acceptors (Lipinski definition) is 1. The molecule has 3 aromatic carbocycles. The van der Waals surface area contributed by atoms with E-state index in [1.165, 1.54) is 16.7 Å². The molecule has 0 atom stereocenters. The highest BCUT2D eigenvalue weighted by Crippen LogP contribution is 2.24. The number of aryl methyl sites for hydroxylation is 1. The van der Waals surface area contributed by atoms with E-state index in [4.69, 9.17) is 4.43 Å². The smallest absolute Gasteiger partial charge is 0.323 e. The Kier molecular flexibility index (Phi) is 4.71. The third-order valence-corrected chi connectivity index (χ3v) is 4.81. The van der Waals surface area contributed by atoms with E-state index in [1.54, 1.807) is 0 Å². The average molecular weight is 302 g/mol. The molecule has 0 amide bonds. The molecule has 0 aliphatic carbocycles. The van der Waals surface area contributed by atoms with Gasteiger partial charge in [-0.15, -0.1) is 0 Å². The third-order valence-electron chi connectivity index (χ3n) is 3.55. The van der Waals surface area contributed by atoms with E-state index in [9.17, 15) is 0 Å². The van der Waals surface area contributed by atoms with Crippen LogP contribution >= 0.6 is 0 Å². The molecule has 0 aliphatic heterocycles. The van der Waals surface area contributed by atoms with Gasteiger partial charge < -0.3 is 4.43 Å². The molecule has 0 spiro atoms. The highest BCUT2D eigenvalue weighted by Gasteiger charge is 2.17. The van der Waals surface area contributed by atoms with Gasteiger partial charge in [-0.3, -0.25) is 0 Å². The minimum Gasteiger partial charge on any atom is -0.540 e. The van der Waals surface area contributed by atoms with Crippen molar-refractivity contribution in [2.24, 2.45) is 0 Å². The van der Waals surface area contributed by atoms with Crippen LogP contribution in [0.1, 0.15) is 22.2 Å². The molecule has 108 valence electrons. The van der Waals surface area contributed by atoms with Crippen molar-refractivity contribution in [1.29, 1.82) is 0 Å². The second-order valence-corrected chi connectivity index (χ2v) is 6.31. The van der Waals surface area contributed by atoms with Gasteiger partial charge in [-0.1, -0.05) is 72.8 Å². The van der Waals surface area contributed by atoms with Crippen LogP contribution in [0.25, 0.3) is 0 Å². The van der Waals surface area contributed by atoms with Gasteiger partial charge in [0.25, 0.3) is 0 Å². The molecule has 0 saturated carbocycles. The molecule has 3 aromatic rings. The number of benzene rings is 3. The summed E-state index contributed by atoms with van der Waals surface area (Å²) in [5.41, 5.74) is 4.07. The van der Waals surface area contributed by atoms with Crippen molar-refractivity contribution in [3.05, 3.63) is 102 Å². The van der Waals surface area contributed by atoms with Crippen molar-refractivity contribution < 1.29 is 4.43 Å². The lowest BCUT2D eigenvalue weighted by atomic mass is 10.0.